The molecule has 0 spiro atoms. The van der Waals surface area contributed by atoms with Gasteiger partial charge in [-0.15, -0.1) is 0 Å². The van der Waals surface area contributed by atoms with Gasteiger partial charge in [-0.1, -0.05) is 24.3 Å². The Bertz CT molecular complexity index is 1180. The number of anilines is 2. The van der Waals surface area contributed by atoms with Crippen molar-refractivity contribution in [2.75, 3.05) is 30.5 Å². The molecule has 6 nitrogen and oxygen atoms in total. The highest BCUT2D eigenvalue weighted by Gasteiger charge is 2.24. The van der Waals surface area contributed by atoms with E-state index in [4.69, 9.17) is 9.47 Å². The number of nitrogens with one attached hydrogen (secondary N) is 1. The van der Waals surface area contributed by atoms with E-state index in [1.165, 1.54) is 11.6 Å². The molecule has 0 bridgehead atoms. The van der Waals surface area contributed by atoms with E-state index < -0.39 is 0 Å². The Kier molecular flexibility index (Phi) is 6.74. The maximum Gasteiger partial charge on any atom is 0.258 e. The molecule has 1 aliphatic heterocycles. The van der Waals surface area contributed by atoms with Crippen molar-refractivity contribution < 1.29 is 19.1 Å². The highest BCUT2D eigenvalue weighted by molar-refractivity contribution is 6.08. The Morgan fingerprint density at radius 3 is 2.58 bits per heavy atom. The van der Waals surface area contributed by atoms with E-state index in [2.05, 4.69) is 11.4 Å². The fourth-order valence-electron chi connectivity index (χ4n) is 3.82. The molecule has 0 radical (unpaired) electrons. The molecule has 0 atom stereocenters. The second-order valence-electron chi connectivity index (χ2n) is 7.58. The molecule has 3 aromatic carbocycles. The second kappa shape index (κ2) is 10.0. The number of hydrogen-bond donors (Lipinski definition) is 1. The number of carbonyl (C=O) groups excluding carboxylic acids is 2. The van der Waals surface area contributed by atoms with Crippen LogP contribution in [0.1, 0.15) is 28.4 Å². The molecule has 0 fully saturated rings. The minimum Gasteiger partial charge on any atom is -0.493 e. The molecular formula is C27H26N2O4. The van der Waals surface area contributed by atoms with E-state index in [0.29, 0.717) is 35.9 Å². The number of methoxy groups -OCH3 is 1. The summed E-state index contributed by atoms with van der Waals surface area (Å²) in [5, 5.41) is 2.82. The Hall–Kier alpha value is -4.06. The summed E-state index contributed by atoms with van der Waals surface area (Å²) < 4.78 is 10.8. The van der Waals surface area contributed by atoms with Crippen LogP contribution in [-0.2, 0) is 11.2 Å². The number of carbonyl (C=O) groups is 2. The number of ether oxygens (including phenoxy) is 2. The first-order chi connectivity index (χ1) is 16.1. The summed E-state index contributed by atoms with van der Waals surface area (Å²) in [6, 6.07) is 20.4. The Balaban J connectivity index is 1.39. The summed E-state index contributed by atoms with van der Waals surface area (Å²) in [5.74, 6) is 0.965. The third kappa shape index (κ3) is 5.06. The van der Waals surface area contributed by atoms with Crippen molar-refractivity contribution in [2.45, 2.75) is 13.3 Å². The predicted molar refractivity (Wildman–Crippen MR) is 130 cm³/mol. The van der Waals surface area contributed by atoms with Gasteiger partial charge in [-0.3, -0.25) is 9.59 Å². The molecule has 168 valence electrons. The molecule has 1 N–H and O–H groups in total. The molecule has 1 heterocycles. The fraction of sp³-hybridized carbons (Fsp3) is 0.185. The van der Waals surface area contributed by atoms with Crippen LogP contribution in [0.15, 0.2) is 72.8 Å². The smallest absolute Gasteiger partial charge is 0.258 e. The van der Waals surface area contributed by atoms with Gasteiger partial charge in [0.2, 0.25) is 5.91 Å². The Morgan fingerprint density at radius 2 is 1.82 bits per heavy atom. The van der Waals surface area contributed by atoms with Gasteiger partial charge in [-0.05, 0) is 73.0 Å². The molecule has 0 aliphatic carbocycles. The summed E-state index contributed by atoms with van der Waals surface area (Å²) >= 11 is 0. The van der Waals surface area contributed by atoms with Crippen molar-refractivity contribution in [3.63, 3.8) is 0 Å². The highest BCUT2D eigenvalue weighted by atomic mass is 16.5. The van der Waals surface area contributed by atoms with Crippen molar-refractivity contribution in [3.05, 3.63) is 89.5 Å². The summed E-state index contributed by atoms with van der Waals surface area (Å²) in [6.07, 6.45) is 4.03. The summed E-state index contributed by atoms with van der Waals surface area (Å²) in [5.41, 5.74) is 4.18. The molecule has 33 heavy (non-hydrogen) atoms. The Labute approximate surface area is 193 Å². The zero-order valence-corrected chi connectivity index (χ0v) is 18.7. The quantitative estimate of drug-likeness (QED) is 0.526. The average Bonchev–Trinajstić information content (AvgIpc) is 3.27. The van der Waals surface area contributed by atoms with Crippen molar-refractivity contribution in [2.24, 2.45) is 0 Å². The number of benzene rings is 3. The average molecular weight is 443 g/mol. The van der Waals surface area contributed by atoms with Crippen LogP contribution in [0.2, 0.25) is 0 Å². The highest BCUT2D eigenvalue weighted by Crippen LogP contribution is 2.30. The zero-order valence-electron chi connectivity index (χ0n) is 18.7. The Morgan fingerprint density at radius 1 is 1.03 bits per heavy atom. The van der Waals surface area contributed by atoms with Gasteiger partial charge < -0.3 is 19.7 Å². The van der Waals surface area contributed by atoms with Crippen LogP contribution in [0.5, 0.6) is 11.5 Å². The number of hydrogen-bond acceptors (Lipinski definition) is 4. The first-order valence-corrected chi connectivity index (χ1v) is 10.9. The van der Waals surface area contributed by atoms with Crippen molar-refractivity contribution in [1.29, 1.82) is 0 Å². The normalized spacial score (nSPS) is 12.5. The summed E-state index contributed by atoms with van der Waals surface area (Å²) in [6.45, 7) is 3.10. The lowest BCUT2D eigenvalue weighted by Crippen LogP contribution is -2.28. The van der Waals surface area contributed by atoms with Gasteiger partial charge in [0, 0.05) is 29.6 Å². The number of para-hydroxylation sites is 1. The minimum atomic E-state index is -0.267. The van der Waals surface area contributed by atoms with Gasteiger partial charge in [0.05, 0.1) is 13.7 Å². The number of amides is 2. The van der Waals surface area contributed by atoms with Crippen LogP contribution >= 0.6 is 0 Å². The third-order valence-corrected chi connectivity index (χ3v) is 5.45. The number of fused-ring (bicyclic) bond motifs is 1. The second-order valence-corrected chi connectivity index (χ2v) is 7.58. The van der Waals surface area contributed by atoms with Gasteiger partial charge in [-0.25, -0.2) is 0 Å². The molecule has 2 amide bonds. The monoisotopic (exact) mass is 442 g/mol. The standard InChI is InChI=1S/C27H26N2O4/c1-3-33-25-18-19(8-14-24(25)32-2)9-15-26(30)28-22-12-10-21(11-13-22)27(31)29-17-16-20-6-4-5-7-23(20)29/h4-15,18H,3,16-17H2,1-2H3,(H,28,30)/b15-9+. The maximum atomic E-state index is 12.9. The van der Waals surface area contributed by atoms with Gasteiger partial charge in [0.15, 0.2) is 11.5 Å². The van der Waals surface area contributed by atoms with Crippen LogP contribution in [0.25, 0.3) is 6.08 Å². The molecule has 6 heteroatoms. The van der Waals surface area contributed by atoms with Crippen LogP contribution in [0.4, 0.5) is 11.4 Å². The molecule has 0 unspecified atom stereocenters. The van der Waals surface area contributed by atoms with E-state index in [0.717, 1.165) is 17.7 Å². The fourth-order valence-corrected chi connectivity index (χ4v) is 3.82. The van der Waals surface area contributed by atoms with Crippen LogP contribution in [0, 0.1) is 0 Å². The third-order valence-electron chi connectivity index (χ3n) is 5.45. The van der Waals surface area contributed by atoms with Crippen molar-refractivity contribution in [3.8, 4) is 11.5 Å². The summed E-state index contributed by atoms with van der Waals surface area (Å²) in [7, 11) is 1.59. The lowest BCUT2D eigenvalue weighted by molar-refractivity contribution is -0.111. The first-order valence-electron chi connectivity index (χ1n) is 10.9. The molecule has 4 rings (SSSR count). The van der Waals surface area contributed by atoms with Gasteiger partial charge in [0.25, 0.3) is 5.91 Å². The van der Waals surface area contributed by atoms with Crippen LogP contribution in [0.3, 0.4) is 0 Å². The van der Waals surface area contributed by atoms with Crippen molar-refractivity contribution in [1.82, 2.24) is 0 Å². The van der Waals surface area contributed by atoms with E-state index in [-0.39, 0.29) is 11.8 Å². The van der Waals surface area contributed by atoms with Gasteiger partial charge in [0.1, 0.15) is 0 Å². The molecule has 0 aromatic heterocycles. The first kappa shape index (κ1) is 22.1. The zero-order chi connectivity index (χ0) is 23.2. The SMILES string of the molecule is CCOc1cc(/C=C/C(=O)Nc2ccc(C(=O)N3CCc4ccccc43)cc2)ccc1OC. The van der Waals surface area contributed by atoms with E-state index in [1.807, 2.05) is 37.3 Å². The number of rotatable bonds is 7. The van der Waals surface area contributed by atoms with E-state index in [9.17, 15) is 9.59 Å². The lowest BCUT2D eigenvalue weighted by atomic mass is 10.1. The maximum absolute atomic E-state index is 12.9. The topological polar surface area (TPSA) is 67.9 Å². The summed E-state index contributed by atoms with van der Waals surface area (Å²) in [4.78, 5) is 27.1. The lowest BCUT2D eigenvalue weighted by Gasteiger charge is -2.17. The molecule has 0 saturated heterocycles. The predicted octanol–water partition coefficient (Wildman–Crippen LogP) is 4.95. The van der Waals surface area contributed by atoms with Crippen LogP contribution < -0.4 is 19.7 Å². The minimum absolute atomic E-state index is 0.0395. The molecule has 0 saturated carbocycles. The number of nitrogens with zero attached hydrogens (tertiary/aromatic N) is 1. The largest absolute Gasteiger partial charge is 0.493 e. The van der Waals surface area contributed by atoms with Gasteiger partial charge >= 0.3 is 0 Å². The van der Waals surface area contributed by atoms with Gasteiger partial charge in [-0.2, -0.15) is 0 Å². The van der Waals surface area contributed by atoms with Crippen LogP contribution in [-0.4, -0.2) is 32.1 Å². The molecule has 1 aliphatic rings. The van der Waals surface area contributed by atoms with E-state index >= 15 is 0 Å². The molecule has 3 aromatic rings. The van der Waals surface area contributed by atoms with E-state index in [1.54, 1.807) is 48.4 Å². The van der Waals surface area contributed by atoms with Crippen molar-refractivity contribution >= 4 is 29.3 Å². The molecular weight excluding hydrogens is 416 g/mol.